The van der Waals surface area contributed by atoms with Gasteiger partial charge >= 0.3 is 0 Å². The molecule has 1 N–H and O–H groups in total. The van der Waals surface area contributed by atoms with Crippen LogP contribution in [-0.4, -0.2) is 17.0 Å². The zero-order valence-electron chi connectivity index (χ0n) is 12.9. The standard InChI is InChI=1S/C17H25NO2/c1-11-5-6-16(14(4)18-19)17(10-11)20-15-8-12(2)7-13(3)9-15/h5-6,10,12-13,15,19H,7-9H2,1-4H3. The molecule has 1 aromatic carbocycles. The van der Waals surface area contributed by atoms with Crippen molar-refractivity contribution in [3.8, 4) is 5.75 Å². The van der Waals surface area contributed by atoms with E-state index < -0.39 is 0 Å². The van der Waals surface area contributed by atoms with Gasteiger partial charge in [0.05, 0.1) is 11.8 Å². The average Bonchev–Trinajstić information content (AvgIpc) is 2.37. The predicted octanol–water partition coefficient (Wildman–Crippen LogP) is 4.40. The van der Waals surface area contributed by atoms with Gasteiger partial charge in [-0.05, 0) is 62.6 Å². The lowest BCUT2D eigenvalue weighted by Crippen LogP contribution is -2.29. The van der Waals surface area contributed by atoms with Crippen molar-refractivity contribution in [2.45, 2.75) is 53.1 Å². The van der Waals surface area contributed by atoms with Crippen LogP contribution in [0.2, 0.25) is 0 Å². The first-order chi connectivity index (χ1) is 9.49. The molecule has 0 spiro atoms. The van der Waals surface area contributed by atoms with Gasteiger partial charge in [0.25, 0.3) is 0 Å². The van der Waals surface area contributed by atoms with E-state index in [4.69, 9.17) is 9.94 Å². The van der Waals surface area contributed by atoms with Crippen molar-refractivity contribution in [1.29, 1.82) is 0 Å². The first kappa shape index (κ1) is 14.9. The molecule has 0 aliphatic heterocycles. The van der Waals surface area contributed by atoms with E-state index in [1.807, 2.05) is 25.1 Å². The summed E-state index contributed by atoms with van der Waals surface area (Å²) in [6.07, 6.45) is 3.76. The maximum Gasteiger partial charge on any atom is 0.129 e. The van der Waals surface area contributed by atoms with Gasteiger partial charge in [0.1, 0.15) is 5.75 Å². The third-order valence-electron chi connectivity index (χ3n) is 4.11. The highest BCUT2D eigenvalue weighted by Crippen LogP contribution is 2.32. The third-order valence-corrected chi connectivity index (χ3v) is 4.11. The highest BCUT2D eigenvalue weighted by atomic mass is 16.5. The van der Waals surface area contributed by atoms with E-state index in [-0.39, 0.29) is 6.10 Å². The molecule has 0 radical (unpaired) electrons. The maximum absolute atomic E-state index is 9.00. The number of benzene rings is 1. The summed E-state index contributed by atoms with van der Waals surface area (Å²) in [7, 11) is 0. The van der Waals surface area contributed by atoms with Gasteiger partial charge in [0.15, 0.2) is 0 Å². The van der Waals surface area contributed by atoms with Crippen LogP contribution >= 0.6 is 0 Å². The van der Waals surface area contributed by atoms with E-state index >= 15 is 0 Å². The maximum atomic E-state index is 9.00. The molecule has 3 heteroatoms. The number of hydrogen-bond donors (Lipinski definition) is 1. The molecule has 0 heterocycles. The molecule has 2 atom stereocenters. The van der Waals surface area contributed by atoms with Crippen molar-refractivity contribution < 1.29 is 9.94 Å². The molecule has 20 heavy (non-hydrogen) atoms. The van der Waals surface area contributed by atoms with Crippen molar-refractivity contribution >= 4 is 5.71 Å². The lowest BCUT2D eigenvalue weighted by molar-refractivity contribution is 0.101. The van der Waals surface area contributed by atoms with Crippen LogP contribution < -0.4 is 4.74 Å². The summed E-state index contributed by atoms with van der Waals surface area (Å²) in [6, 6.07) is 6.02. The molecule has 0 amide bonds. The Kier molecular flexibility index (Phi) is 4.69. The van der Waals surface area contributed by atoms with Gasteiger partial charge in [0, 0.05) is 5.56 Å². The summed E-state index contributed by atoms with van der Waals surface area (Å²) < 4.78 is 6.24. The van der Waals surface area contributed by atoms with Gasteiger partial charge in [-0.15, -0.1) is 0 Å². The van der Waals surface area contributed by atoms with E-state index in [1.165, 1.54) is 6.42 Å². The summed E-state index contributed by atoms with van der Waals surface area (Å²) in [6.45, 7) is 8.44. The van der Waals surface area contributed by atoms with E-state index in [2.05, 4.69) is 19.0 Å². The van der Waals surface area contributed by atoms with Crippen LogP contribution in [0.1, 0.15) is 51.2 Å². The first-order valence-electron chi connectivity index (χ1n) is 7.46. The van der Waals surface area contributed by atoms with Gasteiger partial charge in [0.2, 0.25) is 0 Å². The Hall–Kier alpha value is -1.51. The highest BCUT2D eigenvalue weighted by molar-refractivity contribution is 6.00. The van der Waals surface area contributed by atoms with Crippen molar-refractivity contribution in [3.63, 3.8) is 0 Å². The first-order valence-corrected chi connectivity index (χ1v) is 7.46. The summed E-state index contributed by atoms with van der Waals surface area (Å²) in [5.74, 6) is 2.26. The van der Waals surface area contributed by atoms with Crippen LogP contribution in [0.15, 0.2) is 23.4 Å². The zero-order valence-corrected chi connectivity index (χ0v) is 12.9. The topological polar surface area (TPSA) is 41.8 Å². The Morgan fingerprint density at radius 3 is 2.45 bits per heavy atom. The fourth-order valence-corrected chi connectivity index (χ4v) is 3.23. The number of ether oxygens (including phenoxy) is 1. The Bertz CT molecular complexity index is 486. The van der Waals surface area contributed by atoms with Crippen molar-refractivity contribution in [3.05, 3.63) is 29.3 Å². The minimum atomic E-state index is 0.265. The summed E-state index contributed by atoms with van der Waals surface area (Å²) >= 11 is 0. The fraction of sp³-hybridized carbons (Fsp3) is 0.588. The largest absolute Gasteiger partial charge is 0.490 e. The number of hydrogen-bond acceptors (Lipinski definition) is 3. The monoisotopic (exact) mass is 275 g/mol. The quantitative estimate of drug-likeness (QED) is 0.505. The molecule has 1 aliphatic rings. The molecule has 2 unspecified atom stereocenters. The van der Waals surface area contributed by atoms with Gasteiger partial charge in [-0.2, -0.15) is 0 Å². The molecule has 1 aromatic rings. The number of rotatable bonds is 3. The van der Waals surface area contributed by atoms with Crippen molar-refractivity contribution in [2.75, 3.05) is 0 Å². The second-order valence-electron chi connectivity index (χ2n) is 6.34. The van der Waals surface area contributed by atoms with E-state index in [1.54, 1.807) is 6.92 Å². The molecule has 1 saturated carbocycles. The minimum absolute atomic E-state index is 0.265. The van der Waals surface area contributed by atoms with Crippen LogP contribution in [0.4, 0.5) is 0 Å². The molecular weight excluding hydrogens is 250 g/mol. The van der Waals surface area contributed by atoms with Gasteiger partial charge in [-0.25, -0.2) is 0 Å². The highest BCUT2D eigenvalue weighted by Gasteiger charge is 2.26. The predicted molar refractivity (Wildman–Crippen MR) is 81.8 cm³/mol. The zero-order chi connectivity index (χ0) is 14.7. The smallest absolute Gasteiger partial charge is 0.129 e. The second kappa shape index (κ2) is 6.29. The normalized spacial score (nSPS) is 27.4. The van der Waals surface area contributed by atoms with Gasteiger partial charge in [-0.3, -0.25) is 0 Å². The summed E-state index contributed by atoms with van der Waals surface area (Å²) in [5.41, 5.74) is 2.63. The average molecular weight is 275 g/mol. The minimum Gasteiger partial charge on any atom is -0.490 e. The molecule has 2 rings (SSSR count). The molecule has 110 valence electrons. The fourth-order valence-electron chi connectivity index (χ4n) is 3.23. The van der Waals surface area contributed by atoms with Crippen LogP contribution in [0.5, 0.6) is 5.75 Å². The molecule has 0 bridgehead atoms. The molecule has 1 fully saturated rings. The van der Waals surface area contributed by atoms with Gasteiger partial charge < -0.3 is 9.94 Å². The number of aryl methyl sites for hydroxylation is 1. The van der Waals surface area contributed by atoms with E-state index in [9.17, 15) is 0 Å². The van der Waals surface area contributed by atoms with Crippen LogP contribution in [-0.2, 0) is 0 Å². The van der Waals surface area contributed by atoms with Gasteiger partial charge in [-0.1, -0.05) is 25.1 Å². The Morgan fingerprint density at radius 1 is 1.20 bits per heavy atom. The third kappa shape index (κ3) is 3.53. The lowest BCUT2D eigenvalue weighted by atomic mass is 9.82. The molecule has 3 nitrogen and oxygen atoms in total. The van der Waals surface area contributed by atoms with Crippen molar-refractivity contribution in [1.82, 2.24) is 0 Å². The van der Waals surface area contributed by atoms with Crippen molar-refractivity contribution in [2.24, 2.45) is 17.0 Å². The number of nitrogens with zero attached hydrogens (tertiary/aromatic N) is 1. The molecular formula is C17H25NO2. The summed E-state index contributed by atoms with van der Waals surface area (Å²) in [4.78, 5) is 0. The lowest BCUT2D eigenvalue weighted by Gasteiger charge is -2.32. The second-order valence-corrected chi connectivity index (χ2v) is 6.34. The van der Waals surface area contributed by atoms with E-state index in [0.717, 1.165) is 29.7 Å². The summed E-state index contributed by atoms with van der Waals surface area (Å²) in [5, 5.41) is 12.3. The molecule has 0 aromatic heterocycles. The molecule has 1 aliphatic carbocycles. The van der Waals surface area contributed by atoms with Crippen LogP contribution in [0, 0.1) is 18.8 Å². The number of oxime groups is 1. The Labute approximate surface area is 121 Å². The Morgan fingerprint density at radius 2 is 1.85 bits per heavy atom. The SMILES string of the molecule is CC(=NO)c1ccc(C)cc1OC1CC(C)CC(C)C1. The van der Waals surface area contributed by atoms with E-state index in [0.29, 0.717) is 17.5 Å². The van der Waals surface area contributed by atoms with Crippen LogP contribution in [0.3, 0.4) is 0 Å². The van der Waals surface area contributed by atoms with Crippen LogP contribution in [0.25, 0.3) is 0 Å². The molecule has 0 saturated heterocycles. The Balaban J connectivity index is 2.21.